The van der Waals surface area contributed by atoms with Crippen LogP contribution in [0.1, 0.15) is 226 Å². The van der Waals surface area contributed by atoms with Crippen LogP contribution in [0, 0.1) is 0 Å². The molecular formula is C41H79NO5. The average Bonchev–Trinajstić information content (AvgIpc) is 3.07. The first-order chi connectivity index (χ1) is 23.0. The Balaban J connectivity index is 4.35. The molecule has 0 fully saturated rings. The number of nitrogens with one attached hydrogen (secondary N) is 1. The fourth-order valence-corrected chi connectivity index (χ4v) is 6.08. The topological polar surface area (TPSA) is 81.7 Å². The molecule has 0 unspecified atom stereocenters. The Morgan fingerprint density at radius 2 is 0.766 bits per heavy atom. The van der Waals surface area contributed by atoms with Gasteiger partial charge in [-0.2, -0.15) is 0 Å². The SMILES string of the molecule is CCCCCCCCCCCCOC(=O)CC[C@H](NC(=O)CCCCCCCCCCC)C(=O)OCCCCCCCCCCCC. The maximum atomic E-state index is 12.9. The minimum absolute atomic E-state index is 0.105. The van der Waals surface area contributed by atoms with E-state index in [1.807, 2.05) is 0 Å². The molecule has 0 bridgehead atoms. The van der Waals surface area contributed by atoms with Crippen molar-refractivity contribution in [3.05, 3.63) is 0 Å². The Labute approximate surface area is 292 Å². The average molecular weight is 666 g/mol. The van der Waals surface area contributed by atoms with Gasteiger partial charge in [0.25, 0.3) is 0 Å². The number of unbranched alkanes of at least 4 members (excludes halogenated alkanes) is 26. The van der Waals surface area contributed by atoms with Gasteiger partial charge in [-0.05, 0) is 25.7 Å². The first kappa shape index (κ1) is 45.4. The van der Waals surface area contributed by atoms with Gasteiger partial charge < -0.3 is 14.8 Å². The van der Waals surface area contributed by atoms with Crippen molar-refractivity contribution in [1.29, 1.82) is 0 Å². The molecule has 0 rings (SSSR count). The third kappa shape index (κ3) is 34.1. The number of hydrogen-bond donors (Lipinski definition) is 1. The quantitative estimate of drug-likeness (QED) is 0.0527. The Morgan fingerprint density at radius 3 is 1.17 bits per heavy atom. The molecule has 0 saturated carbocycles. The molecule has 0 radical (unpaired) electrons. The highest BCUT2D eigenvalue weighted by Gasteiger charge is 2.23. The number of carbonyl (C=O) groups is 3. The smallest absolute Gasteiger partial charge is 0.328 e. The summed E-state index contributed by atoms with van der Waals surface area (Å²) in [6, 6.07) is -0.797. The first-order valence-corrected chi connectivity index (χ1v) is 20.7. The van der Waals surface area contributed by atoms with Gasteiger partial charge in [0.1, 0.15) is 6.04 Å². The number of ether oxygens (including phenoxy) is 2. The predicted octanol–water partition coefficient (Wildman–Crippen LogP) is 12.1. The molecule has 0 spiro atoms. The normalized spacial score (nSPS) is 11.8. The molecule has 0 aliphatic carbocycles. The molecule has 6 heteroatoms. The third-order valence-corrected chi connectivity index (χ3v) is 9.27. The standard InChI is InChI=1S/C41H79NO5/c1-4-7-10-13-16-19-22-25-28-31-36-46-40(44)35-34-38(42-39(43)33-30-27-24-21-18-15-12-9-6-3)41(45)47-37-32-29-26-23-20-17-14-11-8-5-2/h38H,4-37H2,1-3H3,(H,42,43)/t38-/m0/s1. The van der Waals surface area contributed by atoms with Crippen LogP contribution in [0.15, 0.2) is 0 Å². The zero-order valence-corrected chi connectivity index (χ0v) is 31.7. The van der Waals surface area contributed by atoms with E-state index in [0.717, 1.165) is 51.4 Å². The minimum Gasteiger partial charge on any atom is -0.466 e. The molecule has 0 aliphatic heterocycles. The number of carbonyl (C=O) groups excluding carboxylic acids is 3. The molecule has 0 aliphatic rings. The minimum atomic E-state index is -0.797. The van der Waals surface area contributed by atoms with Crippen molar-refractivity contribution in [2.75, 3.05) is 13.2 Å². The Morgan fingerprint density at radius 1 is 0.426 bits per heavy atom. The fourth-order valence-electron chi connectivity index (χ4n) is 6.08. The van der Waals surface area contributed by atoms with Crippen molar-refractivity contribution >= 4 is 17.8 Å². The number of esters is 2. The summed E-state index contributed by atoms with van der Waals surface area (Å²) < 4.78 is 11.0. The van der Waals surface area contributed by atoms with Crippen molar-refractivity contribution in [3.8, 4) is 0 Å². The summed E-state index contributed by atoms with van der Waals surface area (Å²) in [6.45, 7) is 7.52. The van der Waals surface area contributed by atoms with Gasteiger partial charge in [0.15, 0.2) is 0 Å². The lowest BCUT2D eigenvalue weighted by Crippen LogP contribution is -2.42. The van der Waals surface area contributed by atoms with Crippen LogP contribution in [0.2, 0.25) is 0 Å². The van der Waals surface area contributed by atoms with E-state index >= 15 is 0 Å². The van der Waals surface area contributed by atoms with Gasteiger partial charge in [0.2, 0.25) is 5.91 Å². The van der Waals surface area contributed by atoms with Gasteiger partial charge in [-0.3, -0.25) is 9.59 Å². The van der Waals surface area contributed by atoms with Crippen LogP contribution in [0.5, 0.6) is 0 Å². The van der Waals surface area contributed by atoms with Crippen LogP contribution in [0.25, 0.3) is 0 Å². The second-order valence-electron chi connectivity index (χ2n) is 14.0. The molecule has 0 aromatic heterocycles. The van der Waals surface area contributed by atoms with Gasteiger partial charge in [0, 0.05) is 12.8 Å². The molecule has 6 nitrogen and oxygen atoms in total. The number of amides is 1. The molecule has 278 valence electrons. The summed E-state index contributed by atoms with van der Waals surface area (Å²) in [7, 11) is 0. The van der Waals surface area contributed by atoms with Gasteiger partial charge in [-0.25, -0.2) is 4.79 Å². The van der Waals surface area contributed by atoms with Gasteiger partial charge in [-0.15, -0.1) is 0 Å². The lowest BCUT2D eigenvalue weighted by molar-refractivity contribution is -0.149. The lowest BCUT2D eigenvalue weighted by atomic mass is 10.1. The Hall–Kier alpha value is -1.59. The maximum absolute atomic E-state index is 12.9. The molecule has 0 saturated heterocycles. The summed E-state index contributed by atoms with van der Waals surface area (Å²) in [5.74, 6) is -0.863. The van der Waals surface area contributed by atoms with Gasteiger partial charge in [-0.1, -0.05) is 188 Å². The van der Waals surface area contributed by atoms with Crippen molar-refractivity contribution in [2.45, 2.75) is 232 Å². The Kier molecular flexibility index (Phi) is 36.0. The van der Waals surface area contributed by atoms with E-state index in [0.29, 0.717) is 19.6 Å². The molecule has 0 aromatic rings. The fraction of sp³-hybridized carbons (Fsp3) is 0.927. The van der Waals surface area contributed by atoms with Crippen LogP contribution >= 0.6 is 0 Å². The summed E-state index contributed by atoms with van der Waals surface area (Å²) >= 11 is 0. The van der Waals surface area contributed by atoms with E-state index in [4.69, 9.17) is 9.47 Å². The Bertz CT molecular complexity index is 697. The molecule has 1 amide bonds. The van der Waals surface area contributed by atoms with E-state index < -0.39 is 12.0 Å². The van der Waals surface area contributed by atoms with Gasteiger partial charge in [0.05, 0.1) is 13.2 Å². The predicted molar refractivity (Wildman–Crippen MR) is 199 cm³/mol. The van der Waals surface area contributed by atoms with E-state index in [9.17, 15) is 14.4 Å². The summed E-state index contributed by atoms with van der Waals surface area (Å²) in [5, 5.41) is 2.88. The first-order valence-electron chi connectivity index (χ1n) is 20.7. The highest BCUT2D eigenvalue weighted by Crippen LogP contribution is 2.14. The molecule has 47 heavy (non-hydrogen) atoms. The third-order valence-electron chi connectivity index (χ3n) is 9.27. The zero-order chi connectivity index (χ0) is 34.5. The van der Waals surface area contributed by atoms with Crippen LogP contribution in [0.4, 0.5) is 0 Å². The highest BCUT2D eigenvalue weighted by atomic mass is 16.5. The van der Waals surface area contributed by atoms with Crippen LogP contribution in [-0.4, -0.2) is 37.1 Å². The highest BCUT2D eigenvalue weighted by molar-refractivity contribution is 5.85. The molecule has 0 heterocycles. The van der Waals surface area contributed by atoms with Crippen molar-refractivity contribution in [2.24, 2.45) is 0 Å². The second-order valence-corrected chi connectivity index (χ2v) is 14.0. The van der Waals surface area contributed by atoms with E-state index in [2.05, 4.69) is 26.1 Å². The van der Waals surface area contributed by atoms with Crippen LogP contribution in [-0.2, 0) is 23.9 Å². The van der Waals surface area contributed by atoms with Gasteiger partial charge >= 0.3 is 11.9 Å². The summed E-state index contributed by atoms with van der Waals surface area (Å²) in [5.41, 5.74) is 0. The number of rotatable bonds is 37. The monoisotopic (exact) mass is 666 g/mol. The molecular weight excluding hydrogens is 586 g/mol. The summed E-state index contributed by atoms with van der Waals surface area (Å²) in [4.78, 5) is 38.1. The second kappa shape index (κ2) is 37.2. The van der Waals surface area contributed by atoms with E-state index in [1.54, 1.807) is 0 Å². The van der Waals surface area contributed by atoms with E-state index in [1.165, 1.54) is 135 Å². The van der Waals surface area contributed by atoms with E-state index in [-0.39, 0.29) is 24.7 Å². The summed E-state index contributed by atoms with van der Waals surface area (Å²) in [6.07, 6.45) is 36.0. The van der Waals surface area contributed by atoms with Crippen LogP contribution < -0.4 is 5.32 Å². The molecule has 0 aromatic carbocycles. The lowest BCUT2D eigenvalue weighted by Gasteiger charge is -2.18. The zero-order valence-electron chi connectivity index (χ0n) is 31.7. The maximum Gasteiger partial charge on any atom is 0.328 e. The van der Waals surface area contributed by atoms with Crippen molar-refractivity contribution in [3.63, 3.8) is 0 Å². The molecule has 1 atom stereocenters. The van der Waals surface area contributed by atoms with Crippen molar-refractivity contribution < 1.29 is 23.9 Å². The molecule has 1 N–H and O–H groups in total. The largest absolute Gasteiger partial charge is 0.466 e. The van der Waals surface area contributed by atoms with Crippen molar-refractivity contribution in [1.82, 2.24) is 5.32 Å². The van der Waals surface area contributed by atoms with Crippen LogP contribution in [0.3, 0.4) is 0 Å². The number of hydrogen-bond acceptors (Lipinski definition) is 5.